The Morgan fingerprint density at radius 1 is 1.15 bits per heavy atom. The second-order valence-corrected chi connectivity index (χ2v) is 9.28. The smallest absolute Gasteiger partial charge is 0.270 e. The molecule has 0 atom stereocenters. The number of nitrogens with zero attached hydrogens (tertiary/aromatic N) is 3. The number of nitrogens with one attached hydrogen (secondary N) is 2. The van der Waals surface area contributed by atoms with Crippen LogP contribution in [0.4, 0.5) is 17.1 Å². The molecule has 39 heavy (non-hydrogen) atoms. The highest BCUT2D eigenvalue weighted by Crippen LogP contribution is 2.33. The summed E-state index contributed by atoms with van der Waals surface area (Å²) >= 11 is 5.31. The standard InChI is InChI=1S/C27H25N5O6S/c1-2-16-3-8-24-21(13-16)29-26(38-24)19-6-4-17(14-23(19)33)28-27(39)30-25(34)20-15-18(32(35)36)5-7-22(20)31-9-11-37-12-10-31/h3-8,13-15,33H,2,9-12H2,1H3,(H2,28,30,34,39). The zero-order valence-electron chi connectivity index (χ0n) is 21.0. The fourth-order valence-corrected chi connectivity index (χ4v) is 4.54. The van der Waals surface area contributed by atoms with Gasteiger partial charge in [-0.25, -0.2) is 4.98 Å². The van der Waals surface area contributed by atoms with E-state index in [1.165, 1.54) is 18.2 Å². The number of nitro benzene ring substituents is 1. The number of amides is 1. The number of oxazole rings is 1. The van der Waals surface area contributed by atoms with Crippen molar-refractivity contribution in [3.05, 3.63) is 75.8 Å². The molecule has 3 aromatic carbocycles. The fraction of sp³-hybridized carbons (Fsp3) is 0.222. The Bertz CT molecular complexity index is 1580. The van der Waals surface area contributed by atoms with Crippen molar-refractivity contribution in [3.8, 4) is 17.2 Å². The highest BCUT2D eigenvalue weighted by atomic mass is 32.1. The van der Waals surface area contributed by atoms with Crippen LogP contribution in [0.1, 0.15) is 22.8 Å². The molecule has 0 spiro atoms. The van der Waals surface area contributed by atoms with Crippen LogP contribution in [0.25, 0.3) is 22.6 Å². The highest BCUT2D eigenvalue weighted by molar-refractivity contribution is 7.80. The number of benzene rings is 3. The minimum atomic E-state index is -0.601. The number of non-ortho nitro benzene ring substituents is 1. The van der Waals surface area contributed by atoms with Crippen LogP contribution >= 0.6 is 12.2 Å². The molecule has 0 aliphatic carbocycles. The van der Waals surface area contributed by atoms with E-state index < -0.39 is 10.8 Å². The summed E-state index contributed by atoms with van der Waals surface area (Å²) < 4.78 is 11.2. The van der Waals surface area contributed by atoms with Crippen molar-refractivity contribution in [3.63, 3.8) is 0 Å². The van der Waals surface area contributed by atoms with Crippen LogP contribution in [0.2, 0.25) is 0 Å². The molecule has 0 bridgehead atoms. The summed E-state index contributed by atoms with van der Waals surface area (Å²) in [5.74, 6) is -0.416. The lowest BCUT2D eigenvalue weighted by atomic mass is 10.1. The third-order valence-corrected chi connectivity index (χ3v) is 6.56. The van der Waals surface area contributed by atoms with E-state index in [1.807, 2.05) is 23.1 Å². The molecule has 4 aromatic rings. The Morgan fingerprint density at radius 3 is 2.67 bits per heavy atom. The maximum Gasteiger partial charge on any atom is 0.270 e. The van der Waals surface area contributed by atoms with Crippen molar-refractivity contribution in [1.29, 1.82) is 0 Å². The Labute approximate surface area is 228 Å². The predicted octanol–water partition coefficient (Wildman–Crippen LogP) is 4.63. The number of rotatable bonds is 6. The molecule has 200 valence electrons. The number of morpholine rings is 1. The second-order valence-electron chi connectivity index (χ2n) is 8.87. The highest BCUT2D eigenvalue weighted by Gasteiger charge is 2.23. The summed E-state index contributed by atoms with van der Waals surface area (Å²) in [6, 6.07) is 14.6. The van der Waals surface area contributed by atoms with Crippen LogP contribution in [-0.4, -0.2) is 52.3 Å². The van der Waals surface area contributed by atoms with E-state index in [0.717, 1.165) is 12.0 Å². The van der Waals surface area contributed by atoms with Gasteiger partial charge in [-0.2, -0.15) is 0 Å². The zero-order chi connectivity index (χ0) is 27.5. The van der Waals surface area contributed by atoms with Crippen LogP contribution in [0, 0.1) is 10.1 Å². The average Bonchev–Trinajstić information content (AvgIpc) is 3.36. The molecule has 1 amide bonds. The number of ether oxygens (including phenoxy) is 1. The third-order valence-electron chi connectivity index (χ3n) is 6.36. The number of carbonyl (C=O) groups is 1. The predicted molar refractivity (Wildman–Crippen MR) is 150 cm³/mol. The number of hydrogen-bond acceptors (Lipinski definition) is 9. The maximum absolute atomic E-state index is 13.1. The first-order valence-corrected chi connectivity index (χ1v) is 12.7. The van der Waals surface area contributed by atoms with E-state index in [0.29, 0.717) is 54.3 Å². The summed E-state index contributed by atoms with van der Waals surface area (Å²) in [5, 5.41) is 27.4. The van der Waals surface area contributed by atoms with E-state index in [2.05, 4.69) is 22.5 Å². The van der Waals surface area contributed by atoms with Crippen molar-refractivity contribution in [2.45, 2.75) is 13.3 Å². The Balaban J connectivity index is 1.31. The quantitative estimate of drug-likeness (QED) is 0.178. The van der Waals surface area contributed by atoms with Crippen LogP contribution in [0.5, 0.6) is 5.75 Å². The van der Waals surface area contributed by atoms with Gasteiger partial charge in [0, 0.05) is 37.0 Å². The van der Waals surface area contributed by atoms with Gasteiger partial charge in [0.15, 0.2) is 10.7 Å². The summed E-state index contributed by atoms with van der Waals surface area (Å²) in [4.78, 5) is 30.3. The number of anilines is 2. The molecule has 0 saturated carbocycles. The minimum absolute atomic E-state index is 0.0412. The van der Waals surface area contributed by atoms with Gasteiger partial charge >= 0.3 is 0 Å². The van der Waals surface area contributed by atoms with Gasteiger partial charge < -0.3 is 24.5 Å². The average molecular weight is 548 g/mol. The number of thiocarbonyl (C=S) groups is 1. The molecule has 5 rings (SSSR count). The first-order valence-electron chi connectivity index (χ1n) is 12.3. The number of aryl methyl sites for hydroxylation is 1. The summed E-state index contributed by atoms with van der Waals surface area (Å²) in [5.41, 5.74) is 3.73. The van der Waals surface area contributed by atoms with Gasteiger partial charge in [0.05, 0.1) is 35.0 Å². The van der Waals surface area contributed by atoms with Gasteiger partial charge in [-0.15, -0.1) is 0 Å². The molecule has 1 saturated heterocycles. The molecule has 12 heteroatoms. The third kappa shape index (κ3) is 5.66. The number of phenolic OH excluding ortho intramolecular Hbond substituents is 1. The number of aromatic nitrogens is 1. The number of carbonyl (C=O) groups excluding carboxylic acids is 1. The van der Waals surface area contributed by atoms with Gasteiger partial charge in [0.1, 0.15) is 11.3 Å². The molecule has 1 aliphatic rings. The van der Waals surface area contributed by atoms with Crippen LogP contribution in [0.3, 0.4) is 0 Å². The normalized spacial score (nSPS) is 13.3. The number of aromatic hydroxyl groups is 1. The van der Waals surface area contributed by atoms with Gasteiger partial charge in [-0.05, 0) is 54.5 Å². The second kappa shape index (κ2) is 11.1. The molecule has 11 nitrogen and oxygen atoms in total. The summed E-state index contributed by atoms with van der Waals surface area (Å²) in [7, 11) is 0. The molecule has 0 radical (unpaired) electrons. The van der Waals surface area contributed by atoms with Gasteiger partial charge in [0.25, 0.3) is 11.6 Å². The van der Waals surface area contributed by atoms with E-state index in [4.69, 9.17) is 21.4 Å². The first kappa shape index (κ1) is 26.1. The largest absolute Gasteiger partial charge is 0.507 e. The topological polar surface area (TPSA) is 143 Å². The lowest BCUT2D eigenvalue weighted by Gasteiger charge is -2.30. The Kier molecular flexibility index (Phi) is 7.39. The van der Waals surface area contributed by atoms with Crippen molar-refractivity contribution in [1.82, 2.24) is 10.3 Å². The number of hydrogen-bond donors (Lipinski definition) is 3. The van der Waals surface area contributed by atoms with Crippen LogP contribution in [0.15, 0.2) is 59.0 Å². The monoisotopic (exact) mass is 547 g/mol. The Hall–Kier alpha value is -4.55. The van der Waals surface area contributed by atoms with Crippen molar-refractivity contribution in [2.24, 2.45) is 0 Å². The molecule has 3 N–H and O–H groups in total. The SMILES string of the molecule is CCc1ccc2oc(-c3ccc(NC(=S)NC(=O)c4cc([N+](=O)[O-])ccc4N4CCOCC4)cc3O)nc2c1. The fourth-order valence-electron chi connectivity index (χ4n) is 4.33. The van der Waals surface area contributed by atoms with E-state index in [-0.39, 0.29) is 28.0 Å². The van der Waals surface area contributed by atoms with Crippen molar-refractivity contribution in [2.75, 3.05) is 36.5 Å². The zero-order valence-corrected chi connectivity index (χ0v) is 21.8. The maximum atomic E-state index is 13.1. The minimum Gasteiger partial charge on any atom is -0.507 e. The van der Waals surface area contributed by atoms with Gasteiger partial charge in [0.2, 0.25) is 5.89 Å². The number of fused-ring (bicyclic) bond motifs is 1. The lowest BCUT2D eigenvalue weighted by molar-refractivity contribution is -0.384. The molecular formula is C27H25N5O6S. The van der Waals surface area contributed by atoms with E-state index >= 15 is 0 Å². The molecule has 1 fully saturated rings. The molecular weight excluding hydrogens is 522 g/mol. The van der Waals surface area contributed by atoms with E-state index in [9.17, 15) is 20.0 Å². The summed E-state index contributed by atoms with van der Waals surface area (Å²) in [6.07, 6.45) is 0.871. The van der Waals surface area contributed by atoms with Gasteiger partial charge in [-0.1, -0.05) is 13.0 Å². The molecule has 1 aromatic heterocycles. The van der Waals surface area contributed by atoms with Crippen LogP contribution < -0.4 is 15.5 Å². The molecule has 1 aliphatic heterocycles. The Morgan fingerprint density at radius 2 is 1.95 bits per heavy atom. The van der Waals surface area contributed by atoms with E-state index in [1.54, 1.807) is 18.2 Å². The molecule has 2 heterocycles. The van der Waals surface area contributed by atoms with Crippen molar-refractivity contribution < 1.29 is 24.0 Å². The summed E-state index contributed by atoms with van der Waals surface area (Å²) in [6.45, 7) is 4.12. The van der Waals surface area contributed by atoms with Crippen molar-refractivity contribution >= 4 is 51.4 Å². The van der Waals surface area contributed by atoms with Crippen LogP contribution in [-0.2, 0) is 11.2 Å². The first-order chi connectivity index (χ1) is 18.8. The number of nitro groups is 1. The van der Waals surface area contributed by atoms with Gasteiger partial charge in [-0.3, -0.25) is 20.2 Å². The number of phenols is 1. The lowest BCUT2D eigenvalue weighted by Crippen LogP contribution is -2.39. The molecule has 0 unspecified atom stereocenters.